The molecule has 0 spiro atoms. The van der Waals surface area contributed by atoms with E-state index in [0.29, 0.717) is 11.8 Å². The maximum atomic E-state index is 14.3. The van der Waals surface area contributed by atoms with Crippen LogP contribution in [0.2, 0.25) is 0 Å². The lowest BCUT2D eigenvalue weighted by molar-refractivity contribution is 0.145. The summed E-state index contributed by atoms with van der Waals surface area (Å²) in [5, 5.41) is 13.0. The summed E-state index contributed by atoms with van der Waals surface area (Å²) in [6, 6.07) is 8.88. The zero-order valence-corrected chi connectivity index (χ0v) is 15.9. The van der Waals surface area contributed by atoms with Crippen LogP contribution < -0.4 is 0 Å². The van der Waals surface area contributed by atoms with Crippen LogP contribution in [0.1, 0.15) is 23.2 Å². The van der Waals surface area contributed by atoms with Crippen molar-refractivity contribution in [2.24, 2.45) is 0 Å². The summed E-state index contributed by atoms with van der Waals surface area (Å²) in [6.07, 6.45) is -2.30. The van der Waals surface area contributed by atoms with Crippen molar-refractivity contribution in [1.82, 2.24) is 9.78 Å². The van der Waals surface area contributed by atoms with Crippen molar-refractivity contribution in [3.63, 3.8) is 0 Å². The molecule has 1 heterocycles. The predicted molar refractivity (Wildman–Crippen MR) is 96.4 cm³/mol. The number of aromatic nitrogens is 2. The molecule has 29 heavy (non-hydrogen) atoms. The van der Waals surface area contributed by atoms with E-state index >= 15 is 0 Å². The minimum atomic E-state index is -4.18. The highest BCUT2D eigenvalue weighted by Gasteiger charge is 2.24. The molecule has 0 aliphatic carbocycles. The average molecular weight is 423 g/mol. The minimum absolute atomic E-state index is 0.0918. The van der Waals surface area contributed by atoms with Gasteiger partial charge in [0.1, 0.15) is 22.2 Å². The van der Waals surface area contributed by atoms with Gasteiger partial charge in [0.25, 0.3) is 6.43 Å². The van der Waals surface area contributed by atoms with E-state index in [-0.39, 0.29) is 22.5 Å². The number of nitrogens with zero attached hydrogens (tertiary/aromatic N) is 3. The van der Waals surface area contributed by atoms with Gasteiger partial charge in [-0.05, 0) is 42.8 Å². The molecular weight excluding hydrogens is 410 g/mol. The van der Waals surface area contributed by atoms with Gasteiger partial charge in [-0.25, -0.2) is 30.7 Å². The molecule has 0 N–H and O–H groups in total. The van der Waals surface area contributed by atoms with Crippen molar-refractivity contribution < 1.29 is 26.0 Å². The molecule has 2 aromatic carbocycles. The Bertz CT molecular complexity index is 1240. The number of halogens is 4. The molecule has 150 valence electrons. The molecular formula is C19H13F4N3O2S. The predicted octanol–water partition coefficient (Wildman–Crippen LogP) is 4.34. The number of benzene rings is 2. The Balaban J connectivity index is 2.27. The Kier molecular flexibility index (Phi) is 5.19. The van der Waals surface area contributed by atoms with Crippen LogP contribution in [0, 0.1) is 29.9 Å². The van der Waals surface area contributed by atoms with Gasteiger partial charge in [0.2, 0.25) is 0 Å². The van der Waals surface area contributed by atoms with Crippen LogP contribution in [0.15, 0.2) is 41.3 Å². The van der Waals surface area contributed by atoms with Crippen LogP contribution >= 0.6 is 0 Å². The largest absolute Gasteiger partial charge is 0.282 e. The van der Waals surface area contributed by atoms with Crippen LogP contribution in [0.25, 0.3) is 16.9 Å². The first-order valence-corrected chi connectivity index (χ1v) is 10.0. The Morgan fingerprint density at radius 3 is 2.24 bits per heavy atom. The number of hydrogen-bond donors (Lipinski definition) is 0. The molecule has 0 amide bonds. The molecule has 0 aliphatic heterocycles. The first-order valence-electron chi connectivity index (χ1n) is 8.11. The van der Waals surface area contributed by atoms with Crippen molar-refractivity contribution in [3.8, 4) is 23.0 Å². The van der Waals surface area contributed by atoms with Crippen LogP contribution in [-0.2, 0) is 9.84 Å². The second-order valence-electron chi connectivity index (χ2n) is 6.32. The number of aryl methyl sites for hydroxylation is 1. The molecule has 0 saturated heterocycles. The highest BCUT2D eigenvalue weighted by molar-refractivity contribution is 7.90. The number of nitriles is 1. The fourth-order valence-corrected chi connectivity index (χ4v) is 3.66. The van der Waals surface area contributed by atoms with Crippen LogP contribution in [-0.4, -0.2) is 24.5 Å². The van der Waals surface area contributed by atoms with Crippen molar-refractivity contribution in [2.75, 3.05) is 6.26 Å². The first-order chi connectivity index (χ1) is 13.5. The highest BCUT2D eigenvalue weighted by atomic mass is 32.2. The smallest absolute Gasteiger partial charge is 0.233 e. The molecule has 5 nitrogen and oxygen atoms in total. The van der Waals surface area contributed by atoms with Crippen molar-refractivity contribution in [3.05, 3.63) is 64.9 Å². The minimum Gasteiger partial charge on any atom is -0.233 e. The summed E-state index contributed by atoms with van der Waals surface area (Å²) in [7, 11) is -4.18. The van der Waals surface area contributed by atoms with Gasteiger partial charge in [0.05, 0.1) is 23.0 Å². The van der Waals surface area contributed by atoms with E-state index in [2.05, 4.69) is 5.10 Å². The summed E-state index contributed by atoms with van der Waals surface area (Å²) in [5.41, 5.74) is 0.215. The summed E-state index contributed by atoms with van der Waals surface area (Å²) in [4.78, 5) is -1.11. The van der Waals surface area contributed by atoms with E-state index in [1.165, 1.54) is 12.1 Å². The van der Waals surface area contributed by atoms with E-state index in [4.69, 9.17) is 0 Å². The maximum Gasteiger partial charge on any atom is 0.282 e. The third kappa shape index (κ3) is 3.86. The molecule has 10 heteroatoms. The van der Waals surface area contributed by atoms with E-state index in [1.807, 2.05) is 6.07 Å². The highest BCUT2D eigenvalue weighted by Crippen LogP contribution is 2.32. The van der Waals surface area contributed by atoms with Crippen LogP contribution in [0.4, 0.5) is 17.6 Å². The molecule has 0 unspecified atom stereocenters. The van der Waals surface area contributed by atoms with E-state index in [0.717, 1.165) is 22.9 Å². The summed E-state index contributed by atoms with van der Waals surface area (Å²) < 4.78 is 79.3. The Morgan fingerprint density at radius 1 is 1.10 bits per heavy atom. The number of sulfone groups is 1. The van der Waals surface area contributed by atoms with E-state index in [9.17, 15) is 31.2 Å². The third-order valence-electron chi connectivity index (χ3n) is 4.20. The van der Waals surface area contributed by atoms with Gasteiger partial charge in [-0.15, -0.1) is 0 Å². The summed E-state index contributed by atoms with van der Waals surface area (Å²) in [5.74, 6) is -2.70. The first kappa shape index (κ1) is 20.5. The fourth-order valence-electron chi connectivity index (χ4n) is 2.83. The SMILES string of the molecule is Cc1ccc(-n2nc(C(F)F)cc2-c2cc(F)c(S(C)(=O)=O)c(F)c2)cc1C#N. The van der Waals surface area contributed by atoms with Gasteiger partial charge in [0.15, 0.2) is 9.84 Å². The second-order valence-corrected chi connectivity index (χ2v) is 8.27. The zero-order chi connectivity index (χ0) is 21.5. The van der Waals surface area contributed by atoms with Crippen molar-refractivity contribution in [1.29, 1.82) is 5.26 Å². The van der Waals surface area contributed by atoms with Crippen LogP contribution in [0.3, 0.4) is 0 Å². The van der Waals surface area contributed by atoms with Gasteiger partial charge in [-0.2, -0.15) is 10.4 Å². The molecule has 0 fully saturated rings. The molecule has 0 saturated carbocycles. The summed E-state index contributed by atoms with van der Waals surface area (Å²) >= 11 is 0. The molecule has 3 rings (SSSR count). The molecule has 0 bridgehead atoms. The molecule has 1 aromatic heterocycles. The monoisotopic (exact) mass is 423 g/mol. The Labute approximate surface area is 163 Å². The zero-order valence-electron chi connectivity index (χ0n) is 15.1. The summed E-state index contributed by atoms with van der Waals surface area (Å²) in [6.45, 7) is 1.69. The second kappa shape index (κ2) is 7.33. The quantitative estimate of drug-likeness (QED) is 0.585. The molecule has 0 radical (unpaired) electrons. The van der Waals surface area contributed by atoms with Gasteiger partial charge in [-0.1, -0.05) is 6.07 Å². The molecule has 0 aliphatic rings. The van der Waals surface area contributed by atoms with Gasteiger partial charge in [0, 0.05) is 11.8 Å². The van der Waals surface area contributed by atoms with Gasteiger partial charge < -0.3 is 0 Å². The Morgan fingerprint density at radius 2 is 1.72 bits per heavy atom. The van der Waals surface area contributed by atoms with E-state index < -0.39 is 38.5 Å². The molecule has 0 atom stereocenters. The van der Waals surface area contributed by atoms with Crippen molar-refractivity contribution in [2.45, 2.75) is 18.2 Å². The topological polar surface area (TPSA) is 75.8 Å². The third-order valence-corrected chi connectivity index (χ3v) is 5.33. The van der Waals surface area contributed by atoms with Gasteiger partial charge in [-0.3, -0.25) is 0 Å². The maximum absolute atomic E-state index is 14.3. The number of alkyl halides is 2. The van der Waals surface area contributed by atoms with E-state index in [1.54, 1.807) is 13.0 Å². The van der Waals surface area contributed by atoms with Crippen molar-refractivity contribution >= 4 is 9.84 Å². The lowest BCUT2D eigenvalue weighted by Gasteiger charge is -2.11. The fraction of sp³-hybridized carbons (Fsp3) is 0.158. The normalized spacial score (nSPS) is 11.7. The van der Waals surface area contributed by atoms with Crippen LogP contribution in [0.5, 0.6) is 0 Å². The molecule has 3 aromatic rings. The Hall–Kier alpha value is -3.19. The van der Waals surface area contributed by atoms with Gasteiger partial charge >= 0.3 is 0 Å². The number of hydrogen-bond acceptors (Lipinski definition) is 4. The lowest BCUT2D eigenvalue weighted by Crippen LogP contribution is -2.06. The average Bonchev–Trinajstić information content (AvgIpc) is 3.06. The lowest BCUT2D eigenvalue weighted by atomic mass is 10.1. The standard InChI is InChI=1S/C19H13F4N3O2S/c1-10-3-4-13(5-12(10)9-24)26-17(8-16(25-26)19(22)23)11-6-14(20)18(15(21)7-11)29(2,27)28/h3-8,19H,1-2H3. The number of rotatable bonds is 4.